The number of halogens is 1. The van der Waals surface area contributed by atoms with Gasteiger partial charge in [-0.2, -0.15) is 0 Å². The minimum atomic E-state index is -0.0778. The first-order valence-electron chi connectivity index (χ1n) is 11.3. The van der Waals surface area contributed by atoms with Gasteiger partial charge in [0.25, 0.3) is 5.91 Å². The van der Waals surface area contributed by atoms with Gasteiger partial charge in [-0.25, -0.2) is 0 Å². The standard InChI is InChI=1S/C29H23IN2O/c30-25-14-4-3-11-24(25)29(33)31-20-9-5-8-19(17-20)28-23-13-6-12-22(23)27-21-10-2-1-7-18(21)15-16-26(27)32-28/h1-12,14-17,22-23,28,32H,13H2,(H,31,33). The highest BCUT2D eigenvalue weighted by Gasteiger charge is 2.38. The maximum Gasteiger partial charge on any atom is 0.256 e. The van der Waals surface area contributed by atoms with E-state index in [1.807, 2.05) is 36.4 Å². The van der Waals surface area contributed by atoms with E-state index >= 15 is 0 Å². The van der Waals surface area contributed by atoms with Crippen molar-refractivity contribution in [2.45, 2.75) is 18.4 Å². The minimum Gasteiger partial charge on any atom is -0.378 e. The summed E-state index contributed by atoms with van der Waals surface area (Å²) in [6, 6.07) is 29.2. The normalized spacial score (nSPS) is 20.7. The molecular formula is C29H23IN2O. The number of amides is 1. The third kappa shape index (κ3) is 3.62. The summed E-state index contributed by atoms with van der Waals surface area (Å²) >= 11 is 2.21. The summed E-state index contributed by atoms with van der Waals surface area (Å²) in [6.07, 6.45) is 5.75. The second-order valence-electron chi connectivity index (χ2n) is 8.78. The van der Waals surface area contributed by atoms with Crippen LogP contribution in [0.1, 0.15) is 39.9 Å². The summed E-state index contributed by atoms with van der Waals surface area (Å²) in [5.74, 6) is 0.761. The van der Waals surface area contributed by atoms with Crippen LogP contribution in [0.15, 0.2) is 97.1 Å². The molecule has 0 radical (unpaired) electrons. The van der Waals surface area contributed by atoms with E-state index in [0.29, 0.717) is 17.4 Å². The molecule has 0 saturated carbocycles. The molecule has 1 amide bonds. The number of anilines is 2. The molecule has 162 valence electrons. The van der Waals surface area contributed by atoms with Crippen LogP contribution < -0.4 is 10.6 Å². The molecule has 1 heterocycles. The number of allylic oxidation sites excluding steroid dienone is 2. The van der Waals surface area contributed by atoms with E-state index in [1.54, 1.807) is 0 Å². The third-order valence-corrected chi connectivity index (χ3v) is 7.82. The molecule has 2 aliphatic rings. The van der Waals surface area contributed by atoms with E-state index in [1.165, 1.54) is 27.6 Å². The Hall–Kier alpha value is -3.12. The molecule has 3 nitrogen and oxygen atoms in total. The van der Waals surface area contributed by atoms with E-state index in [-0.39, 0.29) is 11.9 Å². The Bertz CT molecular complexity index is 1410. The lowest BCUT2D eigenvalue weighted by Crippen LogP contribution is -2.29. The predicted octanol–water partition coefficient (Wildman–Crippen LogP) is 7.52. The van der Waals surface area contributed by atoms with Crippen LogP contribution in [-0.4, -0.2) is 5.91 Å². The second-order valence-corrected chi connectivity index (χ2v) is 9.95. The molecule has 0 spiro atoms. The SMILES string of the molecule is O=C(Nc1cccc(C2Nc3ccc4ccccc4c3C3C=CCC32)c1)c1ccccc1I. The van der Waals surface area contributed by atoms with Crippen molar-refractivity contribution >= 4 is 50.6 Å². The van der Waals surface area contributed by atoms with Crippen LogP contribution in [0.5, 0.6) is 0 Å². The van der Waals surface area contributed by atoms with E-state index in [2.05, 4.69) is 93.9 Å². The average molecular weight is 542 g/mol. The van der Waals surface area contributed by atoms with Gasteiger partial charge in [0, 0.05) is 20.9 Å². The van der Waals surface area contributed by atoms with Crippen molar-refractivity contribution in [2.75, 3.05) is 10.6 Å². The summed E-state index contributed by atoms with van der Waals surface area (Å²) in [5.41, 5.74) is 5.34. The minimum absolute atomic E-state index is 0.0778. The quantitative estimate of drug-likeness (QED) is 0.208. The van der Waals surface area contributed by atoms with E-state index in [0.717, 1.165) is 15.7 Å². The van der Waals surface area contributed by atoms with Crippen molar-refractivity contribution in [3.05, 3.63) is 117 Å². The zero-order chi connectivity index (χ0) is 22.4. The highest BCUT2D eigenvalue weighted by atomic mass is 127. The number of nitrogens with one attached hydrogen (secondary N) is 2. The Balaban J connectivity index is 1.34. The van der Waals surface area contributed by atoms with Gasteiger partial charge in [0.2, 0.25) is 0 Å². The van der Waals surface area contributed by atoms with Crippen LogP contribution in [0.3, 0.4) is 0 Å². The van der Waals surface area contributed by atoms with Gasteiger partial charge in [-0.3, -0.25) is 4.79 Å². The summed E-state index contributed by atoms with van der Waals surface area (Å²) in [7, 11) is 0. The number of hydrogen-bond acceptors (Lipinski definition) is 2. The molecule has 4 heteroatoms. The average Bonchev–Trinajstić information content (AvgIpc) is 3.33. The molecule has 0 saturated heterocycles. The fourth-order valence-corrected chi connectivity index (χ4v) is 6.00. The van der Waals surface area contributed by atoms with Crippen molar-refractivity contribution in [3.8, 4) is 0 Å². The molecule has 1 aliphatic heterocycles. The molecule has 3 atom stereocenters. The lowest BCUT2D eigenvalue weighted by molar-refractivity contribution is 0.102. The van der Waals surface area contributed by atoms with Crippen LogP contribution in [0, 0.1) is 9.49 Å². The Kier molecular flexibility index (Phi) is 5.18. The molecule has 4 aromatic carbocycles. The highest BCUT2D eigenvalue weighted by molar-refractivity contribution is 14.1. The molecule has 0 fully saturated rings. The maximum absolute atomic E-state index is 12.9. The molecular weight excluding hydrogens is 519 g/mol. The van der Waals surface area contributed by atoms with E-state index in [4.69, 9.17) is 0 Å². The van der Waals surface area contributed by atoms with Crippen LogP contribution in [0.4, 0.5) is 11.4 Å². The lowest BCUT2D eigenvalue weighted by atomic mass is 9.75. The third-order valence-electron chi connectivity index (χ3n) is 6.88. The molecule has 3 unspecified atom stereocenters. The summed E-state index contributed by atoms with van der Waals surface area (Å²) in [4.78, 5) is 12.9. The van der Waals surface area contributed by atoms with Crippen molar-refractivity contribution < 1.29 is 4.79 Å². The molecule has 33 heavy (non-hydrogen) atoms. The van der Waals surface area contributed by atoms with Crippen molar-refractivity contribution in [1.29, 1.82) is 0 Å². The van der Waals surface area contributed by atoms with Gasteiger partial charge in [-0.05, 0) is 87.2 Å². The van der Waals surface area contributed by atoms with Crippen molar-refractivity contribution in [1.82, 2.24) is 0 Å². The van der Waals surface area contributed by atoms with Gasteiger partial charge in [0.05, 0.1) is 11.6 Å². The summed E-state index contributed by atoms with van der Waals surface area (Å²) in [6.45, 7) is 0. The zero-order valence-electron chi connectivity index (χ0n) is 18.0. The van der Waals surface area contributed by atoms with Gasteiger partial charge >= 0.3 is 0 Å². The van der Waals surface area contributed by atoms with Crippen LogP contribution in [-0.2, 0) is 0 Å². The van der Waals surface area contributed by atoms with Gasteiger partial charge in [0.1, 0.15) is 0 Å². The first-order chi connectivity index (χ1) is 16.2. The monoisotopic (exact) mass is 542 g/mol. The van der Waals surface area contributed by atoms with Crippen molar-refractivity contribution in [3.63, 3.8) is 0 Å². The van der Waals surface area contributed by atoms with Crippen molar-refractivity contribution in [2.24, 2.45) is 5.92 Å². The Morgan fingerprint density at radius 1 is 0.939 bits per heavy atom. The number of hydrogen-bond donors (Lipinski definition) is 2. The maximum atomic E-state index is 12.9. The smallest absolute Gasteiger partial charge is 0.256 e. The van der Waals surface area contributed by atoms with Crippen LogP contribution in [0.2, 0.25) is 0 Å². The zero-order valence-corrected chi connectivity index (χ0v) is 20.1. The molecule has 0 bridgehead atoms. The summed E-state index contributed by atoms with van der Waals surface area (Å²) < 4.78 is 0.946. The van der Waals surface area contributed by atoms with Crippen LogP contribution >= 0.6 is 22.6 Å². The number of rotatable bonds is 3. The van der Waals surface area contributed by atoms with Gasteiger partial charge in [-0.1, -0.05) is 66.7 Å². The predicted molar refractivity (Wildman–Crippen MR) is 144 cm³/mol. The van der Waals surface area contributed by atoms with Gasteiger partial charge < -0.3 is 10.6 Å². The Morgan fingerprint density at radius 2 is 1.79 bits per heavy atom. The molecule has 1 aliphatic carbocycles. The number of carbonyl (C=O) groups excluding carboxylic acids is 1. The fraction of sp³-hybridized carbons (Fsp3) is 0.138. The number of carbonyl (C=O) groups is 1. The first-order valence-corrected chi connectivity index (χ1v) is 12.4. The Labute approximate surface area is 207 Å². The molecule has 4 aromatic rings. The van der Waals surface area contributed by atoms with Crippen LogP contribution in [0.25, 0.3) is 10.8 Å². The second kappa shape index (κ2) is 8.34. The lowest BCUT2D eigenvalue weighted by Gasteiger charge is -2.38. The van der Waals surface area contributed by atoms with Gasteiger partial charge in [0.15, 0.2) is 0 Å². The first kappa shape index (κ1) is 20.5. The highest BCUT2D eigenvalue weighted by Crippen LogP contribution is 2.51. The van der Waals surface area contributed by atoms with E-state index < -0.39 is 0 Å². The topological polar surface area (TPSA) is 41.1 Å². The fourth-order valence-electron chi connectivity index (χ4n) is 5.36. The Morgan fingerprint density at radius 3 is 2.70 bits per heavy atom. The van der Waals surface area contributed by atoms with Gasteiger partial charge in [-0.15, -0.1) is 0 Å². The number of fused-ring (bicyclic) bond motifs is 5. The molecule has 0 aromatic heterocycles. The largest absolute Gasteiger partial charge is 0.378 e. The van der Waals surface area contributed by atoms with E-state index in [9.17, 15) is 4.79 Å². The molecule has 2 N–H and O–H groups in total. The molecule has 6 rings (SSSR count). The number of benzene rings is 4. The summed E-state index contributed by atoms with van der Waals surface area (Å²) in [5, 5.41) is 9.56.